The summed E-state index contributed by atoms with van der Waals surface area (Å²) >= 11 is 11.8. The molecule has 0 aliphatic heterocycles. The fourth-order valence-electron chi connectivity index (χ4n) is 2.16. The van der Waals surface area contributed by atoms with Gasteiger partial charge in [-0.15, -0.1) is 0 Å². The summed E-state index contributed by atoms with van der Waals surface area (Å²) in [5.41, 5.74) is 0.326. The van der Waals surface area contributed by atoms with E-state index in [0.717, 1.165) is 0 Å². The summed E-state index contributed by atoms with van der Waals surface area (Å²) < 4.78 is 0. The molecule has 0 saturated carbocycles. The summed E-state index contributed by atoms with van der Waals surface area (Å²) in [5.74, 6) is -2.38. The van der Waals surface area contributed by atoms with Crippen LogP contribution < -0.4 is 4.90 Å². The highest BCUT2D eigenvalue weighted by Gasteiger charge is 2.20. The zero-order chi connectivity index (χ0) is 18.0. The number of phenolic OH excluding ortho intramolecular Hbond substituents is 1. The Labute approximate surface area is 147 Å². The van der Waals surface area contributed by atoms with Gasteiger partial charge in [0.2, 0.25) is 5.91 Å². The van der Waals surface area contributed by atoms with Crippen LogP contribution in [0.4, 0.5) is 5.69 Å². The van der Waals surface area contributed by atoms with E-state index in [1.54, 1.807) is 0 Å². The molecule has 24 heavy (non-hydrogen) atoms. The molecule has 3 N–H and O–H groups in total. The van der Waals surface area contributed by atoms with Crippen molar-refractivity contribution in [2.45, 2.75) is 13.5 Å². The Kier molecular flexibility index (Phi) is 5.21. The SMILES string of the molecule is CC(=O)N(Cc1ccc(C(=O)O)c(O)c1)c1cc(Cl)cc(Cl)c1O. The van der Waals surface area contributed by atoms with Crippen LogP contribution in [-0.4, -0.2) is 27.2 Å². The first-order valence-electron chi connectivity index (χ1n) is 6.72. The van der Waals surface area contributed by atoms with Crippen molar-refractivity contribution in [3.63, 3.8) is 0 Å². The number of aromatic hydroxyl groups is 2. The Morgan fingerprint density at radius 1 is 1.12 bits per heavy atom. The van der Waals surface area contributed by atoms with Crippen molar-refractivity contribution < 1.29 is 24.9 Å². The van der Waals surface area contributed by atoms with Crippen molar-refractivity contribution in [1.82, 2.24) is 0 Å². The van der Waals surface area contributed by atoms with Gasteiger partial charge in [-0.25, -0.2) is 4.79 Å². The van der Waals surface area contributed by atoms with Gasteiger partial charge in [-0.3, -0.25) is 4.79 Å². The van der Waals surface area contributed by atoms with Crippen molar-refractivity contribution in [2.24, 2.45) is 0 Å². The third-order valence-corrected chi connectivity index (χ3v) is 3.82. The number of anilines is 1. The number of hydrogen-bond donors (Lipinski definition) is 3. The van der Waals surface area contributed by atoms with Gasteiger partial charge in [-0.1, -0.05) is 29.3 Å². The maximum atomic E-state index is 12.0. The summed E-state index contributed by atoms with van der Waals surface area (Å²) in [6, 6.07) is 6.66. The molecule has 0 aliphatic carbocycles. The molecular formula is C16H13Cl2NO5. The lowest BCUT2D eigenvalue weighted by molar-refractivity contribution is -0.116. The third-order valence-electron chi connectivity index (χ3n) is 3.31. The smallest absolute Gasteiger partial charge is 0.339 e. The Morgan fingerprint density at radius 2 is 1.79 bits per heavy atom. The lowest BCUT2D eigenvalue weighted by atomic mass is 10.1. The summed E-state index contributed by atoms with van der Waals surface area (Å²) in [5, 5.41) is 29.0. The Morgan fingerprint density at radius 3 is 2.33 bits per heavy atom. The first-order valence-corrected chi connectivity index (χ1v) is 7.47. The van der Waals surface area contributed by atoms with Crippen molar-refractivity contribution in [3.05, 3.63) is 51.5 Å². The van der Waals surface area contributed by atoms with E-state index in [9.17, 15) is 19.8 Å². The number of carbonyl (C=O) groups is 2. The standard InChI is InChI=1S/C16H13Cl2NO5/c1-8(20)19(13-6-10(17)5-12(18)15(13)22)7-9-2-3-11(16(23)24)14(21)4-9/h2-6,21-22H,7H2,1H3,(H,23,24). The highest BCUT2D eigenvalue weighted by atomic mass is 35.5. The Balaban J connectivity index is 2.42. The number of benzene rings is 2. The maximum Gasteiger partial charge on any atom is 0.339 e. The molecule has 0 bridgehead atoms. The highest BCUT2D eigenvalue weighted by molar-refractivity contribution is 6.36. The Bertz CT molecular complexity index is 822. The number of amides is 1. The number of halogens is 2. The first kappa shape index (κ1) is 17.9. The van der Waals surface area contributed by atoms with E-state index in [0.29, 0.717) is 5.56 Å². The molecule has 0 aromatic heterocycles. The number of carbonyl (C=O) groups excluding carboxylic acids is 1. The second kappa shape index (κ2) is 6.98. The van der Waals surface area contributed by atoms with E-state index < -0.39 is 17.6 Å². The summed E-state index contributed by atoms with van der Waals surface area (Å²) in [7, 11) is 0. The van der Waals surface area contributed by atoms with Gasteiger partial charge in [-0.2, -0.15) is 0 Å². The molecule has 1 amide bonds. The van der Waals surface area contributed by atoms with E-state index in [1.807, 2.05) is 0 Å². The highest BCUT2D eigenvalue weighted by Crippen LogP contribution is 2.38. The fourth-order valence-corrected chi connectivity index (χ4v) is 2.65. The number of phenols is 2. The molecule has 0 saturated heterocycles. The van der Waals surface area contributed by atoms with Gasteiger partial charge in [0.05, 0.1) is 17.3 Å². The molecule has 2 aromatic rings. The molecule has 0 unspecified atom stereocenters. The monoisotopic (exact) mass is 369 g/mol. The second-order valence-corrected chi connectivity index (χ2v) is 5.86. The average Bonchev–Trinajstić information content (AvgIpc) is 2.48. The molecule has 2 rings (SSSR count). The zero-order valence-electron chi connectivity index (χ0n) is 12.5. The third kappa shape index (κ3) is 3.72. The predicted molar refractivity (Wildman–Crippen MR) is 90.1 cm³/mol. The van der Waals surface area contributed by atoms with Crippen LogP contribution in [-0.2, 0) is 11.3 Å². The van der Waals surface area contributed by atoms with Gasteiger partial charge in [0.25, 0.3) is 0 Å². The van der Waals surface area contributed by atoms with Gasteiger partial charge < -0.3 is 20.2 Å². The molecule has 0 fully saturated rings. The summed E-state index contributed by atoms with van der Waals surface area (Å²) in [4.78, 5) is 24.1. The molecule has 0 aliphatic rings. The quantitative estimate of drug-likeness (QED) is 0.763. The molecule has 8 heteroatoms. The number of carboxylic acid groups (broad SMARTS) is 1. The van der Waals surface area contributed by atoms with Crippen LogP contribution in [0.3, 0.4) is 0 Å². The molecule has 0 radical (unpaired) electrons. The number of hydrogen-bond acceptors (Lipinski definition) is 4. The molecule has 0 heterocycles. The van der Waals surface area contributed by atoms with Crippen LogP contribution in [0.2, 0.25) is 10.0 Å². The molecule has 2 aromatic carbocycles. The normalized spacial score (nSPS) is 10.5. The number of rotatable bonds is 4. The second-order valence-electron chi connectivity index (χ2n) is 5.02. The van der Waals surface area contributed by atoms with Gasteiger partial charge >= 0.3 is 5.97 Å². The van der Waals surface area contributed by atoms with Crippen LogP contribution in [0.5, 0.6) is 11.5 Å². The van der Waals surface area contributed by atoms with Crippen LogP contribution in [0, 0.1) is 0 Å². The molecule has 6 nitrogen and oxygen atoms in total. The first-order chi connectivity index (χ1) is 11.2. The van der Waals surface area contributed by atoms with E-state index in [-0.39, 0.29) is 33.6 Å². The largest absolute Gasteiger partial charge is 0.507 e. The van der Waals surface area contributed by atoms with E-state index in [2.05, 4.69) is 0 Å². The lowest BCUT2D eigenvalue weighted by Gasteiger charge is -2.23. The van der Waals surface area contributed by atoms with E-state index in [1.165, 1.54) is 42.2 Å². The lowest BCUT2D eigenvalue weighted by Crippen LogP contribution is -2.28. The Hall–Kier alpha value is -2.44. The van der Waals surface area contributed by atoms with Crippen LogP contribution in [0.1, 0.15) is 22.8 Å². The maximum absolute atomic E-state index is 12.0. The topological polar surface area (TPSA) is 98.1 Å². The molecule has 126 valence electrons. The van der Waals surface area contributed by atoms with Crippen molar-refractivity contribution in [1.29, 1.82) is 0 Å². The summed E-state index contributed by atoms with van der Waals surface area (Å²) in [6.45, 7) is 1.27. The van der Waals surface area contributed by atoms with Gasteiger partial charge in [0, 0.05) is 11.9 Å². The van der Waals surface area contributed by atoms with Gasteiger partial charge in [0.1, 0.15) is 11.3 Å². The van der Waals surface area contributed by atoms with Gasteiger partial charge in [0.15, 0.2) is 5.75 Å². The number of nitrogens with zero attached hydrogens (tertiary/aromatic N) is 1. The zero-order valence-corrected chi connectivity index (χ0v) is 14.0. The predicted octanol–water partition coefficient (Wildman–Crippen LogP) is 3.66. The van der Waals surface area contributed by atoms with Crippen molar-refractivity contribution in [2.75, 3.05) is 4.90 Å². The minimum absolute atomic E-state index is 0.00665. The van der Waals surface area contributed by atoms with E-state index in [4.69, 9.17) is 28.3 Å². The van der Waals surface area contributed by atoms with Crippen molar-refractivity contribution in [3.8, 4) is 11.5 Å². The van der Waals surface area contributed by atoms with Crippen LogP contribution in [0.25, 0.3) is 0 Å². The minimum atomic E-state index is -1.26. The van der Waals surface area contributed by atoms with Crippen LogP contribution >= 0.6 is 23.2 Å². The molecular weight excluding hydrogens is 357 g/mol. The fraction of sp³-hybridized carbons (Fsp3) is 0.125. The molecule has 0 atom stereocenters. The van der Waals surface area contributed by atoms with Crippen molar-refractivity contribution >= 4 is 40.8 Å². The average molecular weight is 370 g/mol. The molecule has 0 spiro atoms. The minimum Gasteiger partial charge on any atom is -0.507 e. The van der Waals surface area contributed by atoms with Crippen LogP contribution in [0.15, 0.2) is 30.3 Å². The van der Waals surface area contributed by atoms with Gasteiger partial charge in [-0.05, 0) is 29.8 Å². The summed E-state index contributed by atoms with van der Waals surface area (Å²) in [6.07, 6.45) is 0. The van der Waals surface area contributed by atoms with E-state index >= 15 is 0 Å². The number of aromatic carboxylic acids is 1. The number of carboxylic acids is 1.